The summed E-state index contributed by atoms with van der Waals surface area (Å²) in [6.45, 7) is 3.64. The second-order valence-corrected chi connectivity index (χ2v) is 6.62. The molecule has 132 valence electrons. The lowest BCUT2D eigenvalue weighted by Crippen LogP contribution is -2.13. The van der Waals surface area contributed by atoms with Crippen molar-refractivity contribution in [2.75, 3.05) is 12.4 Å². The van der Waals surface area contributed by atoms with E-state index >= 15 is 0 Å². The number of thiazole rings is 1. The summed E-state index contributed by atoms with van der Waals surface area (Å²) in [6.07, 6.45) is 1.69. The van der Waals surface area contributed by atoms with Crippen LogP contribution < -0.4 is 5.32 Å². The van der Waals surface area contributed by atoms with Gasteiger partial charge < -0.3 is 10.1 Å². The average Bonchev–Trinajstić information content (AvgIpc) is 3.05. The molecule has 6 nitrogen and oxygen atoms in total. The largest absolute Gasteiger partial charge is 0.465 e. The molecule has 2 aromatic heterocycles. The Bertz CT molecular complexity index is 967. The van der Waals surface area contributed by atoms with Crippen LogP contribution in [0.4, 0.5) is 5.69 Å². The van der Waals surface area contributed by atoms with Crippen LogP contribution >= 0.6 is 11.3 Å². The number of pyridine rings is 1. The summed E-state index contributed by atoms with van der Waals surface area (Å²) in [4.78, 5) is 33.6. The number of aromatic nitrogens is 2. The van der Waals surface area contributed by atoms with Crippen molar-refractivity contribution < 1.29 is 14.3 Å². The third-order valence-corrected chi connectivity index (χ3v) is 4.97. The number of amides is 1. The normalized spacial score (nSPS) is 10.4. The lowest BCUT2D eigenvalue weighted by molar-refractivity contribution is 0.0600. The lowest BCUT2D eigenvalue weighted by Gasteiger charge is -2.09. The quantitative estimate of drug-likeness (QED) is 0.708. The molecule has 1 amide bonds. The molecular formula is C19H17N3O3S. The Kier molecular flexibility index (Phi) is 5.09. The zero-order valence-electron chi connectivity index (χ0n) is 14.6. The van der Waals surface area contributed by atoms with Gasteiger partial charge in [0.1, 0.15) is 9.88 Å². The Hall–Kier alpha value is -3.06. The third kappa shape index (κ3) is 3.62. The van der Waals surface area contributed by atoms with Gasteiger partial charge in [-0.15, -0.1) is 11.3 Å². The van der Waals surface area contributed by atoms with Crippen molar-refractivity contribution in [3.8, 4) is 10.7 Å². The van der Waals surface area contributed by atoms with E-state index in [2.05, 4.69) is 15.3 Å². The molecule has 0 unspecified atom stereocenters. The fraction of sp³-hybridized carbons (Fsp3) is 0.158. The van der Waals surface area contributed by atoms with Gasteiger partial charge in [0.15, 0.2) is 0 Å². The minimum absolute atomic E-state index is 0.271. The van der Waals surface area contributed by atoms with E-state index in [0.717, 1.165) is 11.3 Å². The van der Waals surface area contributed by atoms with E-state index in [9.17, 15) is 9.59 Å². The van der Waals surface area contributed by atoms with Crippen LogP contribution in [0, 0.1) is 13.8 Å². The van der Waals surface area contributed by atoms with E-state index in [1.807, 2.05) is 25.1 Å². The summed E-state index contributed by atoms with van der Waals surface area (Å²) >= 11 is 1.28. The molecule has 1 aromatic carbocycles. The van der Waals surface area contributed by atoms with Crippen LogP contribution in [-0.2, 0) is 4.74 Å². The molecule has 3 rings (SSSR count). The van der Waals surface area contributed by atoms with Crippen molar-refractivity contribution in [2.24, 2.45) is 0 Å². The lowest BCUT2D eigenvalue weighted by atomic mass is 10.1. The predicted molar refractivity (Wildman–Crippen MR) is 101 cm³/mol. The minimum atomic E-state index is -0.452. The molecule has 0 saturated heterocycles. The Morgan fingerprint density at radius 2 is 1.96 bits per heavy atom. The Balaban J connectivity index is 1.87. The Morgan fingerprint density at radius 1 is 1.15 bits per heavy atom. The first kappa shape index (κ1) is 17.8. The number of benzene rings is 1. The van der Waals surface area contributed by atoms with Gasteiger partial charge in [-0.3, -0.25) is 9.78 Å². The number of rotatable bonds is 4. The maximum absolute atomic E-state index is 12.7. The number of methoxy groups -OCH3 is 1. The van der Waals surface area contributed by atoms with Crippen molar-refractivity contribution >= 4 is 28.9 Å². The SMILES string of the molecule is COC(=O)c1ccc(C)c(NC(=O)c2sc(-c3ccccn3)nc2C)c1. The van der Waals surface area contributed by atoms with Gasteiger partial charge in [0.25, 0.3) is 5.91 Å². The molecule has 0 aliphatic rings. The molecule has 1 N–H and O–H groups in total. The summed E-state index contributed by atoms with van der Waals surface area (Å²) < 4.78 is 4.73. The molecule has 0 spiro atoms. The standard InChI is InChI=1S/C19H17N3O3S/c1-11-7-8-13(19(24)25-3)10-15(11)22-17(23)16-12(2)21-18(26-16)14-6-4-5-9-20-14/h4-10H,1-3H3,(H,22,23). The summed E-state index contributed by atoms with van der Waals surface area (Å²) in [6, 6.07) is 10.6. The van der Waals surface area contributed by atoms with Crippen molar-refractivity contribution in [3.05, 3.63) is 64.3 Å². The van der Waals surface area contributed by atoms with Gasteiger partial charge in [0.05, 0.1) is 24.1 Å². The van der Waals surface area contributed by atoms with Crippen LogP contribution in [0.3, 0.4) is 0 Å². The van der Waals surface area contributed by atoms with Crippen molar-refractivity contribution in [2.45, 2.75) is 13.8 Å². The molecule has 0 fully saturated rings. The third-order valence-electron chi connectivity index (χ3n) is 3.79. The second-order valence-electron chi connectivity index (χ2n) is 5.62. The van der Waals surface area contributed by atoms with Crippen molar-refractivity contribution in [1.29, 1.82) is 0 Å². The first-order chi connectivity index (χ1) is 12.5. The number of hydrogen-bond acceptors (Lipinski definition) is 6. The van der Waals surface area contributed by atoms with E-state index in [-0.39, 0.29) is 5.91 Å². The molecule has 0 saturated carbocycles. The predicted octanol–water partition coefficient (Wildman–Crippen LogP) is 3.86. The van der Waals surface area contributed by atoms with E-state index in [4.69, 9.17) is 4.74 Å². The molecule has 2 heterocycles. The Morgan fingerprint density at radius 3 is 2.65 bits per heavy atom. The molecule has 26 heavy (non-hydrogen) atoms. The fourth-order valence-electron chi connectivity index (χ4n) is 2.39. The number of carbonyl (C=O) groups excluding carboxylic acids is 2. The molecule has 3 aromatic rings. The van der Waals surface area contributed by atoms with Gasteiger partial charge >= 0.3 is 5.97 Å². The summed E-state index contributed by atoms with van der Waals surface area (Å²) in [5.74, 6) is -0.723. The monoisotopic (exact) mass is 367 g/mol. The molecule has 0 atom stereocenters. The number of esters is 1. The number of carbonyl (C=O) groups is 2. The summed E-state index contributed by atoms with van der Waals surface area (Å²) in [7, 11) is 1.32. The molecule has 0 radical (unpaired) electrons. The highest BCUT2D eigenvalue weighted by Crippen LogP contribution is 2.27. The highest BCUT2D eigenvalue weighted by molar-refractivity contribution is 7.17. The van der Waals surface area contributed by atoms with Gasteiger partial charge in [-0.1, -0.05) is 12.1 Å². The molecule has 7 heteroatoms. The zero-order chi connectivity index (χ0) is 18.7. The van der Waals surface area contributed by atoms with Crippen molar-refractivity contribution in [1.82, 2.24) is 9.97 Å². The first-order valence-electron chi connectivity index (χ1n) is 7.88. The smallest absolute Gasteiger partial charge is 0.337 e. The summed E-state index contributed by atoms with van der Waals surface area (Å²) in [5.41, 5.74) is 3.14. The minimum Gasteiger partial charge on any atom is -0.465 e. The maximum Gasteiger partial charge on any atom is 0.337 e. The zero-order valence-corrected chi connectivity index (χ0v) is 15.4. The Labute approximate surface area is 154 Å². The van der Waals surface area contributed by atoms with Crippen LogP contribution in [0.5, 0.6) is 0 Å². The molecular weight excluding hydrogens is 350 g/mol. The van der Waals surface area contributed by atoms with Gasteiger partial charge in [-0.2, -0.15) is 0 Å². The number of ether oxygens (including phenoxy) is 1. The number of nitrogens with one attached hydrogen (secondary N) is 1. The molecule has 0 bridgehead atoms. The van der Waals surface area contributed by atoms with E-state index < -0.39 is 5.97 Å². The number of anilines is 1. The average molecular weight is 367 g/mol. The van der Waals surface area contributed by atoms with E-state index in [1.165, 1.54) is 18.4 Å². The highest BCUT2D eigenvalue weighted by atomic mass is 32.1. The van der Waals surface area contributed by atoms with Crippen molar-refractivity contribution in [3.63, 3.8) is 0 Å². The molecule has 0 aliphatic carbocycles. The van der Waals surface area contributed by atoms with Gasteiger partial charge in [0, 0.05) is 11.9 Å². The van der Waals surface area contributed by atoms with E-state index in [0.29, 0.717) is 26.8 Å². The summed E-state index contributed by atoms with van der Waals surface area (Å²) in [5, 5.41) is 3.54. The topological polar surface area (TPSA) is 81.2 Å². The van der Waals surface area contributed by atoms with Gasteiger partial charge in [-0.25, -0.2) is 9.78 Å². The van der Waals surface area contributed by atoms with Crippen LogP contribution in [0.15, 0.2) is 42.6 Å². The molecule has 0 aliphatic heterocycles. The number of hydrogen-bond donors (Lipinski definition) is 1. The van der Waals surface area contributed by atoms with Gasteiger partial charge in [-0.05, 0) is 43.7 Å². The fourth-order valence-corrected chi connectivity index (χ4v) is 3.32. The van der Waals surface area contributed by atoms with Crippen LogP contribution in [0.25, 0.3) is 10.7 Å². The van der Waals surface area contributed by atoms with Gasteiger partial charge in [0.2, 0.25) is 0 Å². The van der Waals surface area contributed by atoms with Crippen LogP contribution in [-0.4, -0.2) is 29.0 Å². The van der Waals surface area contributed by atoms with Crippen LogP contribution in [0.2, 0.25) is 0 Å². The second kappa shape index (κ2) is 7.45. The first-order valence-corrected chi connectivity index (χ1v) is 8.70. The number of nitrogens with zero attached hydrogens (tertiary/aromatic N) is 2. The highest BCUT2D eigenvalue weighted by Gasteiger charge is 2.18. The maximum atomic E-state index is 12.7. The number of aryl methyl sites for hydroxylation is 2. The van der Waals surface area contributed by atoms with E-state index in [1.54, 1.807) is 31.3 Å². The van der Waals surface area contributed by atoms with Crippen LogP contribution in [0.1, 0.15) is 31.3 Å².